The van der Waals surface area contributed by atoms with Gasteiger partial charge in [-0.3, -0.25) is 4.98 Å². The summed E-state index contributed by atoms with van der Waals surface area (Å²) in [6.45, 7) is 0.0117. The number of sulfonamides is 1. The molecule has 132 valence electrons. The van der Waals surface area contributed by atoms with E-state index in [1.165, 1.54) is 32.4 Å². The van der Waals surface area contributed by atoms with E-state index in [-0.39, 0.29) is 17.0 Å². The molecule has 0 fully saturated rings. The molecule has 25 heavy (non-hydrogen) atoms. The summed E-state index contributed by atoms with van der Waals surface area (Å²) in [5.74, 6) is 0.486. The Kier molecular flexibility index (Phi) is 4.51. The molecule has 0 unspecified atom stereocenters. The second kappa shape index (κ2) is 6.61. The normalized spacial score (nSPS) is 11.6. The monoisotopic (exact) mass is 364 g/mol. The number of hydrogen-bond acceptors (Lipinski definition) is 6. The Morgan fingerprint density at radius 3 is 2.64 bits per heavy atom. The van der Waals surface area contributed by atoms with Crippen LogP contribution in [-0.4, -0.2) is 27.6 Å². The lowest BCUT2D eigenvalue weighted by atomic mass is 10.2. The van der Waals surface area contributed by atoms with Crippen LogP contribution >= 0.6 is 0 Å². The van der Waals surface area contributed by atoms with Crippen LogP contribution in [0.5, 0.6) is 11.5 Å². The van der Waals surface area contributed by atoms with E-state index in [4.69, 9.17) is 13.9 Å². The second-order valence-corrected chi connectivity index (χ2v) is 6.94. The van der Waals surface area contributed by atoms with Gasteiger partial charge in [-0.1, -0.05) is 0 Å². The predicted molar refractivity (Wildman–Crippen MR) is 90.4 cm³/mol. The fraction of sp³-hybridized carbons (Fsp3) is 0.188. The van der Waals surface area contributed by atoms with E-state index in [2.05, 4.69) is 9.71 Å². The maximum Gasteiger partial charge on any atom is 0.417 e. The molecule has 0 saturated carbocycles. The van der Waals surface area contributed by atoms with Gasteiger partial charge in [0.15, 0.2) is 5.58 Å². The molecule has 0 spiro atoms. The number of ether oxygens (including phenoxy) is 2. The fourth-order valence-corrected chi connectivity index (χ4v) is 3.39. The molecular weight excluding hydrogens is 348 g/mol. The SMILES string of the molecule is COc1ccc(OC)c(CNS(=O)(=O)c2ccc3[nH]c(=O)oc3c2)c1. The number of benzene rings is 2. The van der Waals surface area contributed by atoms with Gasteiger partial charge in [0.25, 0.3) is 0 Å². The van der Waals surface area contributed by atoms with Crippen molar-refractivity contribution in [3.63, 3.8) is 0 Å². The van der Waals surface area contributed by atoms with Gasteiger partial charge in [-0.15, -0.1) is 0 Å². The van der Waals surface area contributed by atoms with E-state index >= 15 is 0 Å². The summed E-state index contributed by atoms with van der Waals surface area (Å²) in [5, 5.41) is 0. The molecule has 0 aliphatic rings. The van der Waals surface area contributed by atoms with Crippen LogP contribution in [0, 0.1) is 0 Å². The highest BCUT2D eigenvalue weighted by Crippen LogP contribution is 2.24. The number of methoxy groups -OCH3 is 2. The summed E-state index contributed by atoms with van der Waals surface area (Å²) < 4.78 is 42.8. The number of aromatic amines is 1. The molecule has 0 saturated heterocycles. The summed E-state index contributed by atoms with van der Waals surface area (Å²) in [6.07, 6.45) is 0. The van der Waals surface area contributed by atoms with E-state index in [1.807, 2.05) is 0 Å². The van der Waals surface area contributed by atoms with Gasteiger partial charge in [-0.2, -0.15) is 0 Å². The lowest BCUT2D eigenvalue weighted by Gasteiger charge is -2.12. The molecular formula is C16H16N2O6S. The Labute approximate surface area is 143 Å². The summed E-state index contributed by atoms with van der Waals surface area (Å²) in [5.41, 5.74) is 1.23. The predicted octanol–water partition coefficient (Wildman–Crippen LogP) is 1.62. The van der Waals surface area contributed by atoms with E-state index in [0.717, 1.165) is 0 Å². The third kappa shape index (κ3) is 3.52. The van der Waals surface area contributed by atoms with Crippen LogP contribution in [0.15, 0.2) is 50.5 Å². The number of nitrogens with one attached hydrogen (secondary N) is 2. The number of rotatable bonds is 6. The number of hydrogen-bond donors (Lipinski definition) is 2. The van der Waals surface area contributed by atoms with Crippen LogP contribution in [-0.2, 0) is 16.6 Å². The summed E-state index contributed by atoms with van der Waals surface area (Å²) in [6, 6.07) is 9.26. The molecule has 2 N–H and O–H groups in total. The molecule has 8 nitrogen and oxygen atoms in total. The van der Waals surface area contributed by atoms with Crippen molar-refractivity contribution in [1.29, 1.82) is 0 Å². The molecule has 0 aliphatic heterocycles. The van der Waals surface area contributed by atoms with Crippen LogP contribution in [0.3, 0.4) is 0 Å². The average molecular weight is 364 g/mol. The van der Waals surface area contributed by atoms with E-state index < -0.39 is 15.8 Å². The minimum absolute atomic E-state index is 0.00962. The Morgan fingerprint density at radius 2 is 1.92 bits per heavy atom. The van der Waals surface area contributed by atoms with Crippen LogP contribution in [0.25, 0.3) is 11.1 Å². The highest BCUT2D eigenvalue weighted by Gasteiger charge is 2.17. The highest BCUT2D eigenvalue weighted by atomic mass is 32.2. The highest BCUT2D eigenvalue weighted by molar-refractivity contribution is 7.89. The lowest BCUT2D eigenvalue weighted by molar-refractivity contribution is 0.398. The Balaban J connectivity index is 1.87. The van der Waals surface area contributed by atoms with Crippen molar-refractivity contribution in [2.75, 3.05) is 14.2 Å². The lowest BCUT2D eigenvalue weighted by Crippen LogP contribution is -2.23. The first-order chi connectivity index (χ1) is 11.9. The van der Waals surface area contributed by atoms with E-state index in [9.17, 15) is 13.2 Å². The van der Waals surface area contributed by atoms with Crippen molar-refractivity contribution in [2.45, 2.75) is 11.4 Å². The Morgan fingerprint density at radius 1 is 1.12 bits per heavy atom. The van der Waals surface area contributed by atoms with Crippen molar-refractivity contribution in [3.8, 4) is 11.5 Å². The van der Waals surface area contributed by atoms with Gasteiger partial charge in [0.1, 0.15) is 11.5 Å². The molecule has 9 heteroatoms. The van der Waals surface area contributed by atoms with Crippen LogP contribution < -0.4 is 20.0 Å². The third-order valence-electron chi connectivity index (χ3n) is 3.64. The van der Waals surface area contributed by atoms with Gasteiger partial charge >= 0.3 is 5.76 Å². The van der Waals surface area contributed by atoms with Gasteiger partial charge in [0, 0.05) is 18.2 Å². The van der Waals surface area contributed by atoms with E-state index in [1.54, 1.807) is 18.2 Å². The van der Waals surface area contributed by atoms with Crippen molar-refractivity contribution < 1.29 is 22.3 Å². The molecule has 0 radical (unpaired) electrons. The first-order valence-electron chi connectivity index (χ1n) is 7.26. The van der Waals surface area contributed by atoms with Gasteiger partial charge in [0.05, 0.1) is 24.6 Å². The Hall–Kier alpha value is -2.78. The maximum absolute atomic E-state index is 12.5. The number of aromatic nitrogens is 1. The van der Waals surface area contributed by atoms with Crippen molar-refractivity contribution in [2.24, 2.45) is 0 Å². The molecule has 0 bridgehead atoms. The van der Waals surface area contributed by atoms with Crippen LogP contribution in [0.2, 0.25) is 0 Å². The summed E-state index contributed by atoms with van der Waals surface area (Å²) >= 11 is 0. The van der Waals surface area contributed by atoms with Crippen molar-refractivity contribution in [3.05, 3.63) is 52.5 Å². The molecule has 3 rings (SSSR count). The zero-order valence-corrected chi connectivity index (χ0v) is 14.3. The van der Waals surface area contributed by atoms with Crippen molar-refractivity contribution in [1.82, 2.24) is 9.71 Å². The first-order valence-corrected chi connectivity index (χ1v) is 8.75. The topological polar surface area (TPSA) is 111 Å². The molecule has 0 aliphatic carbocycles. The minimum Gasteiger partial charge on any atom is -0.497 e. The van der Waals surface area contributed by atoms with Gasteiger partial charge in [-0.05, 0) is 30.3 Å². The first kappa shape index (κ1) is 17.1. The second-order valence-electron chi connectivity index (χ2n) is 5.17. The average Bonchev–Trinajstić information content (AvgIpc) is 2.98. The smallest absolute Gasteiger partial charge is 0.417 e. The standard InChI is InChI=1S/C16H16N2O6S/c1-22-11-3-6-14(23-2)10(7-11)9-17-25(20,21)12-4-5-13-15(8-12)24-16(19)18-13/h3-8,17H,9H2,1-2H3,(H,18,19). The summed E-state index contributed by atoms with van der Waals surface area (Å²) in [7, 11) is -0.782. The number of oxazole rings is 1. The van der Waals surface area contributed by atoms with E-state index in [0.29, 0.717) is 22.6 Å². The van der Waals surface area contributed by atoms with Crippen LogP contribution in [0.4, 0.5) is 0 Å². The van der Waals surface area contributed by atoms with Gasteiger partial charge in [-0.25, -0.2) is 17.9 Å². The van der Waals surface area contributed by atoms with Gasteiger partial charge < -0.3 is 13.9 Å². The quantitative estimate of drug-likeness (QED) is 0.688. The molecule has 0 atom stereocenters. The number of fused-ring (bicyclic) bond motifs is 1. The zero-order valence-electron chi connectivity index (χ0n) is 13.5. The zero-order chi connectivity index (χ0) is 18.0. The molecule has 2 aromatic carbocycles. The largest absolute Gasteiger partial charge is 0.497 e. The molecule has 3 aromatic rings. The molecule has 1 heterocycles. The third-order valence-corrected chi connectivity index (χ3v) is 5.04. The summed E-state index contributed by atoms with van der Waals surface area (Å²) in [4.78, 5) is 13.6. The molecule has 1 aromatic heterocycles. The maximum atomic E-state index is 12.5. The minimum atomic E-state index is -3.81. The van der Waals surface area contributed by atoms with Gasteiger partial charge in [0.2, 0.25) is 10.0 Å². The van der Waals surface area contributed by atoms with Crippen molar-refractivity contribution >= 4 is 21.1 Å². The number of H-pyrrole nitrogens is 1. The van der Waals surface area contributed by atoms with Crippen LogP contribution in [0.1, 0.15) is 5.56 Å². The fourth-order valence-electron chi connectivity index (χ4n) is 2.37. The molecule has 0 amide bonds. The Bertz CT molecular complexity index is 1070.